The topological polar surface area (TPSA) is 54.0 Å². The third-order valence-corrected chi connectivity index (χ3v) is 5.54. The Labute approximate surface area is 165 Å². The van der Waals surface area contributed by atoms with Gasteiger partial charge in [0.05, 0.1) is 5.69 Å². The van der Waals surface area contributed by atoms with Crippen LogP contribution in [0.4, 0.5) is 5.13 Å². The second kappa shape index (κ2) is 8.96. The lowest BCUT2D eigenvalue weighted by atomic mass is 10.2. The molecule has 0 bridgehead atoms. The number of carbonyl (C=O) groups excluding carboxylic acids is 1. The summed E-state index contributed by atoms with van der Waals surface area (Å²) < 4.78 is 1.03. The Morgan fingerprint density at radius 3 is 2.54 bits per heavy atom. The van der Waals surface area contributed by atoms with Gasteiger partial charge in [0.25, 0.3) is 5.91 Å². The molecule has 0 aliphatic heterocycles. The molecule has 0 aliphatic carbocycles. The molecular weight excluding hydrogens is 410 g/mol. The molecule has 1 amide bonds. The molecule has 1 heterocycles. The van der Waals surface area contributed by atoms with Crippen molar-refractivity contribution in [3.05, 3.63) is 80.8 Å². The number of hydrogen-bond acceptors (Lipinski definition) is 4. The Balaban J connectivity index is 1.53. The SMILES string of the molecule is Cc1nc(NCCc2ccccc2)sc1C(=O)NCc1ccc(Br)cc1. The first-order valence-electron chi connectivity index (χ1n) is 8.39. The number of hydrogen-bond donors (Lipinski definition) is 2. The molecule has 0 saturated heterocycles. The summed E-state index contributed by atoms with van der Waals surface area (Å²) in [5, 5.41) is 7.06. The van der Waals surface area contributed by atoms with E-state index in [2.05, 4.69) is 43.7 Å². The van der Waals surface area contributed by atoms with E-state index in [1.807, 2.05) is 49.4 Å². The average molecular weight is 430 g/mol. The summed E-state index contributed by atoms with van der Waals surface area (Å²) in [6.07, 6.45) is 0.921. The maximum absolute atomic E-state index is 12.4. The van der Waals surface area contributed by atoms with Crippen molar-refractivity contribution < 1.29 is 4.79 Å². The second-order valence-electron chi connectivity index (χ2n) is 5.91. The van der Waals surface area contributed by atoms with Crippen molar-refractivity contribution in [3.8, 4) is 0 Å². The Bertz CT molecular complexity index is 863. The summed E-state index contributed by atoms with van der Waals surface area (Å²) in [6, 6.07) is 18.2. The first-order chi connectivity index (χ1) is 12.6. The number of nitrogens with one attached hydrogen (secondary N) is 2. The van der Waals surface area contributed by atoms with E-state index in [1.165, 1.54) is 16.9 Å². The second-order valence-corrected chi connectivity index (χ2v) is 7.82. The van der Waals surface area contributed by atoms with Crippen LogP contribution >= 0.6 is 27.3 Å². The average Bonchev–Trinajstić information content (AvgIpc) is 3.02. The minimum Gasteiger partial charge on any atom is -0.361 e. The Kier molecular flexibility index (Phi) is 6.41. The van der Waals surface area contributed by atoms with E-state index < -0.39 is 0 Å². The van der Waals surface area contributed by atoms with Gasteiger partial charge in [-0.2, -0.15) is 0 Å². The number of carbonyl (C=O) groups is 1. The molecule has 134 valence electrons. The summed E-state index contributed by atoms with van der Waals surface area (Å²) in [6.45, 7) is 3.16. The van der Waals surface area contributed by atoms with Crippen molar-refractivity contribution in [2.45, 2.75) is 19.9 Å². The van der Waals surface area contributed by atoms with Gasteiger partial charge in [0.15, 0.2) is 5.13 Å². The Morgan fingerprint density at radius 1 is 1.08 bits per heavy atom. The maximum atomic E-state index is 12.4. The molecular formula is C20H20BrN3OS. The lowest BCUT2D eigenvalue weighted by molar-refractivity contribution is 0.0954. The predicted octanol–water partition coefficient (Wildman–Crippen LogP) is 4.80. The van der Waals surface area contributed by atoms with E-state index in [9.17, 15) is 4.79 Å². The van der Waals surface area contributed by atoms with E-state index in [4.69, 9.17) is 0 Å². The molecule has 2 aromatic carbocycles. The van der Waals surface area contributed by atoms with E-state index in [1.54, 1.807) is 0 Å². The van der Waals surface area contributed by atoms with E-state index in [-0.39, 0.29) is 5.91 Å². The van der Waals surface area contributed by atoms with Gasteiger partial charge in [-0.05, 0) is 36.6 Å². The van der Waals surface area contributed by atoms with E-state index >= 15 is 0 Å². The van der Waals surface area contributed by atoms with Gasteiger partial charge in [0.1, 0.15) is 4.88 Å². The van der Waals surface area contributed by atoms with Crippen LogP contribution in [-0.4, -0.2) is 17.4 Å². The maximum Gasteiger partial charge on any atom is 0.263 e. The highest BCUT2D eigenvalue weighted by molar-refractivity contribution is 9.10. The fraction of sp³-hybridized carbons (Fsp3) is 0.200. The molecule has 0 atom stereocenters. The number of amides is 1. The fourth-order valence-corrected chi connectivity index (χ4v) is 3.68. The van der Waals surface area contributed by atoms with Crippen LogP contribution in [0.15, 0.2) is 59.1 Å². The first kappa shape index (κ1) is 18.6. The number of aryl methyl sites for hydroxylation is 1. The summed E-state index contributed by atoms with van der Waals surface area (Å²) in [7, 11) is 0. The fourth-order valence-electron chi connectivity index (χ4n) is 2.51. The smallest absolute Gasteiger partial charge is 0.263 e. The zero-order valence-electron chi connectivity index (χ0n) is 14.5. The molecule has 3 aromatic rings. The highest BCUT2D eigenvalue weighted by atomic mass is 79.9. The number of benzene rings is 2. The monoisotopic (exact) mass is 429 g/mol. The molecule has 0 radical (unpaired) electrons. The minimum atomic E-state index is -0.0842. The molecule has 6 heteroatoms. The molecule has 0 aliphatic rings. The van der Waals surface area contributed by atoms with Gasteiger partial charge in [0, 0.05) is 17.6 Å². The van der Waals surface area contributed by atoms with Crippen LogP contribution in [0.1, 0.15) is 26.5 Å². The summed E-state index contributed by atoms with van der Waals surface area (Å²) in [5.74, 6) is -0.0842. The predicted molar refractivity (Wildman–Crippen MR) is 111 cm³/mol. The minimum absolute atomic E-state index is 0.0842. The Hall–Kier alpha value is -2.18. The van der Waals surface area contributed by atoms with Crippen LogP contribution in [0, 0.1) is 6.92 Å². The van der Waals surface area contributed by atoms with Crippen LogP contribution in [0.3, 0.4) is 0 Å². The third-order valence-electron chi connectivity index (χ3n) is 3.90. The summed E-state index contributed by atoms with van der Waals surface area (Å²) >= 11 is 4.81. The zero-order chi connectivity index (χ0) is 18.4. The van der Waals surface area contributed by atoms with Crippen LogP contribution < -0.4 is 10.6 Å². The van der Waals surface area contributed by atoms with Crippen molar-refractivity contribution in [3.63, 3.8) is 0 Å². The van der Waals surface area contributed by atoms with E-state index in [0.717, 1.165) is 33.8 Å². The number of halogens is 1. The summed E-state index contributed by atoms with van der Waals surface area (Å²) in [4.78, 5) is 17.6. The van der Waals surface area contributed by atoms with Crippen LogP contribution in [0.25, 0.3) is 0 Å². The van der Waals surface area contributed by atoms with Gasteiger partial charge in [-0.1, -0.05) is 69.7 Å². The van der Waals surface area contributed by atoms with Crippen LogP contribution in [-0.2, 0) is 13.0 Å². The molecule has 0 fully saturated rings. The standard InChI is InChI=1S/C20H20BrN3OS/c1-14-18(19(25)23-13-16-7-9-17(21)10-8-16)26-20(24-14)22-12-11-15-5-3-2-4-6-15/h2-10H,11-13H2,1H3,(H,22,24)(H,23,25). The van der Waals surface area contributed by atoms with Crippen molar-refractivity contribution in [2.24, 2.45) is 0 Å². The third kappa shape index (κ3) is 5.16. The van der Waals surface area contributed by atoms with Gasteiger partial charge in [-0.3, -0.25) is 4.79 Å². The normalized spacial score (nSPS) is 10.5. The first-order valence-corrected chi connectivity index (χ1v) is 10.0. The van der Waals surface area contributed by atoms with Gasteiger partial charge in [-0.15, -0.1) is 0 Å². The Morgan fingerprint density at radius 2 is 1.81 bits per heavy atom. The summed E-state index contributed by atoms with van der Waals surface area (Å²) in [5.41, 5.74) is 3.09. The number of anilines is 1. The van der Waals surface area contributed by atoms with Crippen molar-refractivity contribution >= 4 is 38.3 Å². The highest BCUT2D eigenvalue weighted by Crippen LogP contribution is 2.22. The molecule has 26 heavy (non-hydrogen) atoms. The number of thiazole rings is 1. The van der Waals surface area contributed by atoms with Crippen molar-refractivity contribution in [2.75, 3.05) is 11.9 Å². The molecule has 0 saturated carbocycles. The number of nitrogens with zero attached hydrogens (tertiary/aromatic N) is 1. The number of aromatic nitrogens is 1. The van der Waals surface area contributed by atoms with Gasteiger partial charge in [-0.25, -0.2) is 4.98 Å². The lowest BCUT2D eigenvalue weighted by Crippen LogP contribution is -2.22. The van der Waals surface area contributed by atoms with E-state index in [0.29, 0.717) is 11.4 Å². The molecule has 2 N–H and O–H groups in total. The molecule has 0 spiro atoms. The van der Waals surface area contributed by atoms with Gasteiger partial charge < -0.3 is 10.6 Å². The van der Waals surface area contributed by atoms with Gasteiger partial charge >= 0.3 is 0 Å². The largest absolute Gasteiger partial charge is 0.361 e. The van der Waals surface area contributed by atoms with Gasteiger partial charge in [0.2, 0.25) is 0 Å². The van der Waals surface area contributed by atoms with Crippen LogP contribution in [0.5, 0.6) is 0 Å². The van der Waals surface area contributed by atoms with Crippen LogP contribution in [0.2, 0.25) is 0 Å². The molecule has 0 unspecified atom stereocenters. The van der Waals surface area contributed by atoms with Crippen molar-refractivity contribution in [1.82, 2.24) is 10.3 Å². The lowest BCUT2D eigenvalue weighted by Gasteiger charge is -2.04. The van der Waals surface area contributed by atoms with Crippen molar-refractivity contribution in [1.29, 1.82) is 0 Å². The quantitative estimate of drug-likeness (QED) is 0.566. The molecule has 4 nitrogen and oxygen atoms in total. The molecule has 1 aromatic heterocycles. The molecule has 3 rings (SSSR count). The number of rotatable bonds is 7. The zero-order valence-corrected chi connectivity index (χ0v) is 16.9. The highest BCUT2D eigenvalue weighted by Gasteiger charge is 2.15.